The van der Waals surface area contributed by atoms with Gasteiger partial charge in [-0.05, 0) is 66.0 Å². The molecule has 27 heavy (non-hydrogen) atoms. The molecule has 0 amide bonds. The topological polar surface area (TPSA) is 21.7 Å². The predicted octanol–water partition coefficient (Wildman–Crippen LogP) is 4.44. The molecule has 1 aliphatic heterocycles. The largest absolute Gasteiger partial charge is 0.468 e. The van der Waals surface area contributed by atoms with Crippen molar-refractivity contribution >= 4 is 0 Å². The molecule has 144 valence electrons. The van der Waals surface area contributed by atoms with E-state index in [0.29, 0.717) is 18.8 Å². The number of methoxy groups -OCH3 is 1. The third-order valence-corrected chi connectivity index (χ3v) is 6.97. The molecule has 2 aromatic rings. The van der Waals surface area contributed by atoms with Gasteiger partial charge in [-0.15, -0.1) is 0 Å². The fourth-order valence-corrected chi connectivity index (χ4v) is 5.10. The molecule has 0 saturated carbocycles. The lowest BCUT2D eigenvalue weighted by Gasteiger charge is -2.54. The Balaban J connectivity index is 1.54. The third-order valence-electron chi connectivity index (χ3n) is 6.97. The van der Waals surface area contributed by atoms with Crippen LogP contribution in [0.3, 0.4) is 0 Å². The van der Waals surface area contributed by atoms with Crippen molar-refractivity contribution in [2.75, 3.05) is 27.0 Å². The average Bonchev–Trinajstić information content (AvgIpc) is 2.69. The Morgan fingerprint density at radius 2 is 1.96 bits per heavy atom. The summed E-state index contributed by atoms with van der Waals surface area (Å²) in [4.78, 5) is 2.73. The van der Waals surface area contributed by atoms with Gasteiger partial charge in [0.1, 0.15) is 5.75 Å². The number of rotatable bonds is 6. The Morgan fingerprint density at radius 3 is 2.74 bits per heavy atom. The average molecular weight is 366 g/mol. The number of ether oxygens (including phenoxy) is 2. The van der Waals surface area contributed by atoms with Crippen molar-refractivity contribution in [1.82, 2.24) is 4.90 Å². The van der Waals surface area contributed by atoms with Crippen molar-refractivity contribution in [2.24, 2.45) is 5.92 Å². The molecular formula is C24H31NO2. The summed E-state index contributed by atoms with van der Waals surface area (Å²) in [5.74, 6) is 1.57. The maximum atomic E-state index is 5.72. The maximum Gasteiger partial charge on any atom is 0.188 e. The van der Waals surface area contributed by atoms with Crippen LogP contribution in [0.5, 0.6) is 5.75 Å². The molecule has 3 nitrogen and oxygen atoms in total. The molecule has 3 heteroatoms. The van der Waals surface area contributed by atoms with Crippen LogP contribution in [-0.4, -0.2) is 37.9 Å². The van der Waals surface area contributed by atoms with Gasteiger partial charge in [0.2, 0.25) is 0 Å². The minimum Gasteiger partial charge on any atom is -0.468 e. The summed E-state index contributed by atoms with van der Waals surface area (Å²) < 4.78 is 10.8. The summed E-state index contributed by atoms with van der Waals surface area (Å²) in [5, 5.41) is 0. The molecule has 0 radical (unpaired) electrons. The van der Waals surface area contributed by atoms with Crippen molar-refractivity contribution in [3.05, 3.63) is 65.2 Å². The second-order valence-corrected chi connectivity index (χ2v) is 8.37. The second-order valence-electron chi connectivity index (χ2n) is 8.37. The molecular weight excluding hydrogens is 334 g/mol. The van der Waals surface area contributed by atoms with E-state index in [-0.39, 0.29) is 5.41 Å². The molecule has 2 aliphatic rings. The highest BCUT2D eigenvalue weighted by atomic mass is 16.7. The first-order valence-electron chi connectivity index (χ1n) is 10.1. The van der Waals surface area contributed by atoms with Crippen LogP contribution in [0.2, 0.25) is 0 Å². The fourth-order valence-electron chi connectivity index (χ4n) is 5.10. The van der Waals surface area contributed by atoms with Gasteiger partial charge in [0, 0.05) is 19.7 Å². The molecule has 0 aromatic heterocycles. The number of nitrogens with zero attached hydrogens (tertiary/aromatic N) is 1. The van der Waals surface area contributed by atoms with E-state index in [2.05, 4.69) is 67.3 Å². The number of benzene rings is 2. The number of fused-ring (bicyclic) bond motifs is 4. The lowest BCUT2D eigenvalue weighted by Crippen LogP contribution is -2.58. The van der Waals surface area contributed by atoms with Crippen molar-refractivity contribution in [2.45, 2.75) is 44.6 Å². The Kier molecular flexibility index (Phi) is 5.25. The first-order chi connectivity index (χ1) is 13.1. The molecule has 2 aromatic carbocycles. The highest BCUT2D eigenvalue weighted by Crippen LogP contribution is 2.49. The van der Waals surface area contributed by atoms with Crippen molar-refractivity contribution < 1.29 is 9.47 Å². The summed E-state index contributed by atoms with van der Waals surface area (Å²) in [7, 11) is 1.66. The quantitative estimate of drug-likeness (QED) is 0.707. The summed E-state index contributed by atoms with van der Waals surface area (Å²) in [5.41, 5.74) is 4.65. The lowest BCUT2D eigenvalue weighted by molar-refractivity contribution is 0.0311. The van der Waals surface area contributed by atoms with Crippen molar-refractivity contribution in [1.29, 1.82) is 0 Å². The van der Waals surface area contributed by atoms with E-state index in [0.717, 1.165) is 25.1 Å². The van der Waals surface area contributed by atoms with Gasteiger partial charge in [-0.2, -0.15) is 0 Å². The second kappa shape index (κ2) is 7.65. The number of hydrogen-bond acceptors (Lipinski definition) is 3. The van der Waals surface area contributed by atoms with Crippen LogP contribution in [0.4, 0.5) is 0 Å². The van der Waals surface area contributed by atoms with E-state index in [1.165, 1.54) is 29.7 Å². The zero-order valence-corrected chi connectivity index (χ0v) is 16.8. The van der Waals surface area contributed by atoms with Gasteiger partial charge in [0.05, 0.1) is 0 Å². The normalized spacial score (nSPS) is 27.2. The summed E-state index contributed by atoms with van der Waals surface area (Å²) in [6, 6.07) is 18.1. The van der Waals surface area contributed by atoms with E-state index >= 15 is 0 Å². The highest BCUT2D eigenvalue weighted by Gasteiger charge is 2.48. The van der Waals surface area contributed by atoms with Gasteiger partial charge in [0.25, 0.3) is 0 Å². The lowest BCUT2D eigenvalue weighted by atomic mass is 9.59. The van der Waals surface area contributed by atoms with Crippen LogP contribution in [0.25, 0.3) is 0 Å². The Morgan fingerprint density at radius 1 is 1.15 bits per heavy atom. The van der Waals surface area contributed by atoms with Crippen molar-refractivity contribution in [3.8, 4) is 5.75 Å². The predicted molar refractivity (Wildman–Crippen MR) is 109 cm³/mol. The fraction of sp³-hybridized carbons (Fsp3) is 0.500. The summed E-state index contributed by atoms with van der Waals surface area (Å²) in [6.07, 6.45) is 3.49. The molecule has 1 saturated heterocycles. The number of likely N-dealkylation sites (tertiary alicyclic amines) is 1. The monoisotopic (exact) mass is 365 g/mol. The zero-order valence-electron chi connectivity index (χ0n) is 16.8. The van der Waals surface area contributed by atoms with E-state index in [1.54, 1.807) is 7.11 Å². The van der Waals surface area contributed by atoms with Crippen LogP contribution in [0.15, 0.2) is 48.5 Å². The van der Waals surface area contributed by atoms with Crippen LogP contribution in [0, 0.1) is 5.92 Å². The van der Waals surface area contributed by atoms with Crippen molar-refractivity contribution in [3.63, 3.8) is 0 Å². The first-order valence-corrected chi connectivity index (χ1v) is 10.1. The third kappa shape index (κ3) is 3.51. The molecule has 0 spiro atoms. The molecule has 2 bridgehead atoms. The minimum absolute atomic E-state index is 0.230. The van der Waals surface area contributed by atoms with Gasteiger partial charge < -0.3 is 9.47 Å². The first kappa shape index (κ1) is 18.5. The molecule has 0 N–H and O–H groups in total. The molecule has 4 rings (SSSR count). The zero-order chi connectivity index (χ0) is 18.9. The Bertz CT molecular complexity index is 775. The van der Waals surface area contributed by atoms with E-state index in [1.807, 2.05) is 0 Å². The van der Waals surface area contributed by atoms with Crippen LogP contribution < -0.4 is 4.74 Å². The molecule has 3 unspecified atom stereocenters. The number of piperidine rings is 1. The minimum atomic E-state index is 0.230. The number of hydrogen-bond donors (Lipinski definition) is 0. The van der Waals surface area contributed by atoms with Crippen LogP contribution in [-0.2, 0) is 23.0 Å². The van der Waals surface area contributed by atoms with Crippen LogP contribution >= 0.6 is 0 Å². The Labute approximate surface area is 163 Å². The summed E-state index contributed by atoms with van der Waals surface area (Å²) >= 11 is 0. The van der Waals surface area contributed by atoms with E-state index in [4.69, 9.17) is 9.47 Å². The van der Waals surface area contributed by atoms with Gasteiger partial charge in [-0.3, -0.25) is 4.90 Å². The smallest absolute Gasteiger partial charge is 0.188 e. The standard InChI is InChI=1S/C24H31NO2/c1-18-23-15-20-9-10-21(27-17-26-3)16-22(20)24(18,2)12-14-25(23)13-11-19-7-5-4-6-8-19/h4-10,16,18,23H,11-15,17H2,1-3H3. The van der Waals surface area contributed by atoms with Gasteiger partial charge >= 0.3 is 0 Å². The molecule has 3 atom stereocenters. The van der Waals surface area contributed by atoms with Gasteiger partial charge in [-0.1, -0.05) is 50.2 Å². The SMILES string of the molecule is COCOc1ccc2c(c1)C1(C)CCN(CCc3ccccc3)C(C2)C1C. The van der Waals surface area contributed by atoms with E-state index in [9.17, 15) is 0 Å². The van der Waals surface area contributed by atoms with Gasteiger partial charge in [-0.25, -0.2) is 0 Å². The molecule has 1 aliphatic carbocycles. The maximum absolute atomic E-state index is 5.72. The van der Waals surface area contributed by atoms with Crippen LogP contribution in [0.1, 0.15) is 37.0 Å². The highest BCUT2D eigenvalue weighted by molar-refractivity contribution is 5.44. The molecule has 1 fully saturated rings. The van der Waals surface area contributed by atoms with Gasteiger partial charge in [0.15, 0.2) is 6.79 Å². The summed E-state index contributed by atoms with van der Waals surface area (Å²) in [6.45, 7) is 7.55. The van der Waals surface area contributed by atoms with E-state index < -0.39 is 0 Å². The Hall–Kier alpha value is -1.84. The molecule has 1 heterocycles.